The second-order valence-electron chi connectivity index (χ2n) is 9.73. The van der Waals surface area contributed by atoms with Crippen molar-refractivity contribution >= 4 is 16.7 Å². The Kier molecular flexibility index (Phi) is 6.82. The first-order valence-corrected chi connectivity index (χ1v) is 12.5. The van der Waals surface area contributed by atoms with E-state index in [0.717, 1.165) is 62.9 Å². The van der Waals surface area contributed by atoms with Crippen LogP contribution in [0.1, 0.15) is 43.2 Å². The number of fused-ring (bicyclic) bond motifs is 1. The molecule has 2 aromatic carbocycles. The highest BCUT2D eigenvalue weighted by Crippen LogP contribution is 2.38. The van der Waals surface area contributed by atoms with E-state index in [4.69, 9.17) is 9.47 Å². The van der Waals surface area contributed by atoms with E-state index >= 15 is 0 Å². The van der Waals surface area contributed by atoms with Gasteiger partial charge in [0.15, 0.2) is 0 Å². The summed E-state index contributed by atoms with van der Waals surface area (Å²) in [6.45, 7) is 2.92. The van der Waals surface area contributed by atoms with Gasteiger partial charge in [0.1, 0.15) is 5.75 Å². The van der Waals surface area contributed by atoms with Crippen LogP contribution < -0.4 is 4.74 Å². The number of aromatic nitrogens is 1. The van der Waals surface area contributed by atoms with Crippen LogP contribution in [0.4, 0.5) is 0 Å². The third kappa shape index (κ3) is 4.54. The van der Waals surface area contributed by atoms with Crippen LogP contribution in [0.25, 0.3) is 10.8 Å². The minimum Gasteiger partial charge on any atom is -0.497 e. The molecule has 5 nitrogen and oxygen atoms in total. The number of amides is 1. The number of carbonyl (C=O) groups is 1. The van der Waals surface area contributed by atoms with Gasteiger partial charge in [-0.25, -0.2) is 0 Å². The zero-order chi connectivity index (χ0) is 23.4. The van der Waals surface area contributed by atoms with Crippen molar-refractivity contribution in [3.8, 4) is 5.75 Å². The predicted molar refractivity (Wildman–Crippen MR) is 134 cm³/mol. The number of nitrogens with zero attached hydrogens (tertiary/aromatic N) is 2. The second kappa shape index (κ2) is 10.1. The van der Waals surface area contributed by atoms with Gasteiger partial charge >= 0.3 is 0 Å². The van der Waals surface area contributed by atoms with E-state index in [1.807, 2.05) is 24.5 Å². The van der Waals surface area contributed by atoms with E-state index in [2.05, 4.69) is 46.3 Å². The van der Waals surface area contributed by atoms with E-state index in [1.54, 1.807) is 7.11 Å². The van der Waals surface area contributed by atoms with Crippen LogP contribution in [-0.2, 0) is 21.4 Å². The lowest BCUT2D eigenvalue weighted by Crippen LogP contribution is -2.50. The summed E-state index contributed by atoms with van der Waals surface area (Å²) in [5, 5.41) is 2.50. The van der Waals surface area contributed by atoms with Crippen LogP contribution >= 0.6 is 0 Å². The van der Waals surface area contributed by atoms with E-state index < -0.39 is 5.41 Å². The third-order valence-electron chi connectivity index (χ3n) is 7.82. The molecule has 0 N–H and O–H groups in total. The van der Waals surface area contributed by atoms with E-state index in [-0.39, 0.29) is 5.91 Å². The van der Waals surface area contributed by atoms with E-state index in [1.165, 1.54) is 16.3 Å². The lowest BCUT2D eigenvalue weighted by molar-refractivity contribution is -0.141. The standard InChI is InChI=1S/C29H34N2O3/c1-33-26-9-7-25(8-10-26)29(13-18-34-19-14-29)28(32)31-16-3-4-22(12-17-31)20-24-6-2-5-23-11-15-30-21-27(23)24/h2,5-11,15,21-22H,3-4,12-14,16-20H2,1H3. The quantitative estimate of drug-likeness (QED) is 0.530. The molecule has 2 fully saturated rings. The molecule has 5 heteroatoms. The Labute approximate surface area is 202 Å². The Morgan fingerprint density at radius 2 is 1.91 bits per heavy atom. The van der Waals surface area contributed by atoms with Crippen molar-refractivity contribution < 1.29 is 14.3 Å². The molecule has 0 radical (unpaired) electrons. The largest absolute Gasteiger partial charge is 0.497 e. The van der Waals surface area contributed by atoms with Gasteiger partial charge in [-0.15, -0.1) is 0 Å². The maximum Gasteiger partial charge on any atom is 0.233 e. The van der Waals surface area contributed by atoms with E-state index in [0.29, 0.717) is 19.1 Å². The molecule has 2 aliphatic rings. The Hall–Kier alpha value is -2.92. The highest BCUT2D eigenvalue weighted by Gasteiger charge is 2.44. The van der Waals surface area contributed by atoms with Gasteiger partial charge in [-0.1, -0.05) is 30.3 Å². The lowest BCUT2D eigenvalue weighted by Gasteiger charge is -2.40. The molecule has 178 valence electrons. The van der Waals surface area contributed by atoms with Crippen molar-refractivity contribution in [2.24, 2.45) is 5.92 Å². The number of hydrogen-bond donors (Lipinski definition) is 0. The molecule has 1 amide bonds. The minimum absolute atomic E-state index is 0.274. The number of methoxy groups -OCH3 is 1. The van der Waals surface area contributed by atoms with Crippen LogP contribution in [0, 0.1) is 5.92 Å². The van der Waals surface area contributed by atoms with Gasteiger partial charge in [0, 0.05) is 44.1 Å². The first-order valence-electron chi connectivity index (χ1n) is 12.5. The molecule has 34 heavy (non-hydrogen) atoms. The minimum atomic E-state index is -0.494. The number of pyridine rings is 1. The highest BCUT2D eigenvalue weighted by molar-refractivity contribution is 5.88. The average Bonchev–Trinajstić information content (AvgIpc) is 3.14. The van der Waals surface area contributed by atoms with Crippen molar-refractivity contribution in [3.63, 3.8) is 0 Å². The summed E-state index contributed by atoms with van der Waals surface area (Å²) in [4.78, 5) is 20.5. The van der Waals surface area contributed by atoms with Gasteiger partial charge in [-0.05, 0) is 79.2 Å². The van der Waals surface area contributed by atoms with Gasteiger partial charge in [-0.3, -0.25) is 9.78 Å². The molecule has 1 aromatic heterocycles. The van der Waals surface area contributed by atoms with Crippen molar-refractivity contribution in [3.05, 3.63) is 72.1 Å². The Morgan fingerprint density at radius 1 is 1.09 bits per heavy atom. The molecule has 5 rings (SSSR count). The molecule has 3 heterocycles. The van der Waals surface area contributed by atoms with Gasteiger partial charge < -0.3 is 14.4 Å². The SMILES string of the molecule is COc1ccc(C2(C(=O)N3CCCC(Cc4cccc5ccncc45)CC3)CCOCC2)cc1. The topological polar surface area (TPSA) is 51.7 Å². The van der Waals surface area contributed by atoms with Crippen molar-refractivity contribution in [2.75, 3.05) is 33.4 Å². The van der Waals surface area contributed by atoms with Crippen molar-refractivity contribution in [2.45, 2.75) is 43.9 Å². The van der Waals surface area contributed by atoms with Crippen molar-refractivity contribution in [1.82, 2.24) is 9.88 Å². The van der Waals surface area contributed by atoms with Gasteiger partial charge in [0.05, 0.1) is 12.5 Å². The maximum atomic E-state index is 14.1. The predicted octanol–water partition coefficient (Wildman–Crippen LogP) is 5.16. The van der Waals surface area contributed by atoms with Gasteiger partial charge in [0.2, 0.25) is 5.91 Å². The summed E-state index contributed by atoms with van der Waals surface area (Å²) in [5.74, 6) is 1.67. The third-order valence-corrected chi connectivity index (χ3v) is 7.82. The first kappa shape index (κ1) is 22.9. The Bertz CT molecular complexity index is 1120. The molecular formula is C29H34N2O3. The molecular weight excluding hydrogens is 424 g/mol. The number of rotatable bonds is 5. The second-order valence-corrected chi connectivity index (χ2v) is 9.73. The van der Waals surface area contributed by atoms with Crippen LogP contribution in [0.2, 0.25) is 0 Å². The molecule has 0 bridgehead atoms. The lowest BCUT2D eigenvalue weighted by atomic mass is 9.73. The first-order chi connectivity index (χ1) is 16.7. The molecule has 1 unspecified atom stereocenters. The van der Waals surface area contributed by atoms with Crippen LogP contribution in [0.5, 0.6) is 5.75 Å². The fraction of sp³-hybridized carbons (Fsp3) is 0.448. The maximum absolute atomic E-state index is 14.1. The van der Waals surface area contributed by atoms with Crippen LogP contribution in [0.15, 0.2) is 60.9 Å². The highest BCUT2D eigenvalue weighted by atomic mass is 16.5. The fourth-order valence-corrected chi connectivity index (χ4v) is 5.80. The normalized spacial score (nSPS) is 20.6. The molecule has 0 aliphatic carbocycles. The van der Waals surface area contributed by atoms with Gasteiger partial charge in [-0.2, -0.15) is 0 Å². The monoisotopic (exact) mass is 458 g/mol. The van der Waals surface area contributed by atoms with Crippen LogP contribution in [0.3, 0.4) is 0 Å². The number of ether oxygens (including phenoxy) is 2. The molecule has 3 aromatic rings. The summed E-state index contributed by atoms with van der Waals surface area (Å²) in [5.41, 5.74) is 1.96. The summed E-state index contributed by atoms with van der Waals surface area (Å²) in [6, 6.07) is 16.7. The van der Waals surface area contributed by atoms with Crippen LogP contribution in [-0.4, -0.2) is 49.2 Å². The molecule has 2 aliphatic heterocycles. The summed E-state index contributed by atoms with van der Waals surface area (Å²) >= 11 is 0. The molecule has 2 saturated heterocycles. The summed E-state index contributed by atoms with van der Waals surface area (Å²) in [6.07, 6.45) is 9.60. The molecule has 0 saturated carbocycles. The van der Waals surface area contributed by atoms with Gasteiger partial charge in [0.25, 0.3) is 0 Å². The summed E-state index contributed by atoms with van der Waals surface area (Å²) < 4.78 is 11.0. The van der Waals surface area contributed by atoms with E-state index in [9.17, 15) is 4.79 Å². The smallest absolute Gasteiger partial charge is 0.233 e. The molecule has 1 atom stereocenters. The Morgan fingerprint density at radius 3 is 2.71 bits per heavy atom. The number of carbonyl (C=O) groups excluding carboxylic acids is 1. The molecule has 0 spiro atoms. The Balaban J connectivity index is 1.32. The number of benzene rings is 2. The number of likely N-dealkylation sites (tertiary alicyclic amines) is 1. The summed E-state index contributed by atoms with van der Waals surface area (Å²) in [7, 11) is 1.67. The fourth-order valence-electron chi connectivity index (χ4n) is 5.80. The zero-order valence-electron chi connectivity index (χ0n) is 20.0. The average molecular weight is 459 g/mol. The number of hydrogen-bond acceptors (Lipinski definition) is 4. The van der Waals surface area contributed by atoms with Crippen molar-refractivity contribution in [1.29, 1.82) is 0 Å². The zero-order valence-corrected chi connectivity index (χ0v) is 20.0.